The molecule has 0 atom stereocenters. The maximum absolute atomic E-state index is 14.3. The molecule has 7 rings (SSSR count). The Morgan fingerprint density at radius 3 is 2.82 bits per heavy atom. The molecule has 0 spiro atoms. The van der Waals surface area contributed by atoms with Gasteiger partial charge in [0.2, 0.25) is 0 Å². The third-order valence-electron chi connectivity index (χ3n) is 7.35. The van der Waals surface area contributed by atoms with Gasteiger partial charge in [0, 0.05) is 42.5 Å². The highest BCUT2D eigenvalue weighted by molar-refractivity contribution is 6.01. The van der Waals surface area contributed by atoms with E-state index in [2.05, 4.69) is 32.7 Å². The van der Waals surface area contributed by atoms with Crippen LogP contribution in [0.25, 0.3) is 16.8 Å². The van der Waals surface area contributed by atoms with Gasteiger partial charge in [0.1, 0.15) is 23.8 Å². The molecule has 1 N–H and O–H groups in total. The van der Waals surface area contributed by atoms with Crippen LogP contribution in [0, 0.1) is 11.7 Å². The number of allylic oxidation sites excluding steroid dienone is 1. The molecule has 1 aliphatic carbocycles. The van der Waals surface area contributed by atoms with Crippen LogP contribution in [0.15, 0.2) is 70.1 Å². The zero-order valence-corrected chi connectivity index (χ0v) is 21.2. The lowest BCUT2D eigenvalue weighted by Gasteiger charge is -2.16. The lowest BCUT2D eigenvalue weighted by molar-refractivity contribution is 0.181. The summed E-state index contributed by atoms with van der Waals surface area (Å²) in [4.78, 5) is 19.4. The van der Waals surface area contributed by atoms with Crippen molar-refractivity contribution in [2.75, 3.05) is 7.11 Å². The van der Waals surface area contributed by atoms with Gasteiger partial charge in [-0.2, -0.15) is 0 Å². The van der Waals surface area contributed by atoms with Crippen LogP contribution >= 0.6 is 0 Å². The Balaban J connectivity index is 1.39. The summed E-state index contributed by atoms with van der Waals surface area (Å²) in [6.07, 6.45) is 4.59. The molecule has 0 unspecified atom stereocenters. The summed E-state index contributed by atoms with van der Waals surface area (Å²) in [7, 11) is 1.67. The molecule has 3 aromatic heterocycles. The minimum atomic E-state index is -0.608. The lowest BCUT2D eigenvalue weighted by atomic mass is 9.87. The van der Waals surface area contributed by atoms with E-state index in [1.54, 1.807) is 13.2 Å². The van der Waals surface area contributed by atoms with E-state index < -0.39 is 5.76 Å². The van der Waals surface area contributed by atoms with E-state index in [1.807, 2.05) is 24.4 Å². The number of nitrogens with zero attached hydrogens (tertiary/aromatic N) is 3. The number of hydrogen-bond donors (Lipinski definition) is 1. The number of halogens is 1. The number of benzene rings is 2. The molecule has 2 aromatic carbocycles. The largest absolute Gasteiger partial charge is 0.488 e. The highest BCUT2D eigenvalue weighted by atomic mass is 19.1. The Hall–Kier alpha value is -4.50. The van der Waals surface area contributed by atoms with Crippen LogP contribution in [0.2, 0.25) is 0 Å². The van der Waals surface area contributed by atoms with E-state index in [4.69, 9.17) is 19.0 Å². The minimum Gasteiger partial charge on any atom is -0.488 e. The highest BCUT2D eigenvalue weighted by Crippen LogP contribution is 2.49. The van der Waals surface area contributed by atoms with Crippen molar-refractivity contribution >= 4 is 16.8 Å². The molecule has 2 aliphatic rings. The van der Waals surface area contributed by atoms with E-state index >= 15 is 0 Å². The van der Waals surface area contributed by atoms with Crippen molar-refractivity contribution in [1.29, 1.82) is 0 Å². The number of methoxy groups -OCH3 is 1. The fourth-order valence-corrected chi connectivity index (χ4v) is 5.50. The molecule has 39 heavy (non-hydrogen) atoms. The SMILES string of the molecule is COCc1nc2ccccn2c1Cc1ccc2c(c1)COc1cc(F)ccc1/C2=C(\c1noc(=O)[nH]1)C1CC1. The molecule has 9 heteroatoms. The number of imidazole rings is 1. The van der Waals surface area contributed by atoms with Crippen LogP contribution < -0.4 is 10.5 Å². The number of hydrogen-bond acceptors (Lipinski definition) is 6. The van der Waals surface area contributed by atoms with Crippen LogP contribution in [0.4, 0.5) is 4.39 Å². The standard InChI is InChI=1S/C30H25FN4O4/c1-37-16-23-24(35-11-3-2-4-26(35)32-23)13-17-5-9-21-19(12-17)15-38-25-14-20(31)8-10-22(25)28(21)27(18-6-7-18)29-33-30(36)39-34-29/h2-5,8-12,14,18H,6-7,13,15-16H2,1H3,(H,33,34,36)/b28-27-. The minimum absolute atomic E-state index is 0.207. The smallest absolute Gasteiger partial charge is 0.439 e. The first-order valence-corrected chi connectivity index (χ1v) is 12.9. The first kappa shape index (κ1) is 23.6. The molecule has 1 saturated carbocycles. The molecule has 8 nitrogen and oxygen atoms in total. The van der Waals surface area contributed by atoms with Gasteiger partial charge in [-0.15, -0.1) is 0 Å². The normalized spacial score (nSPS) is 15.9. The van der Waals surface area contributed by atoms with Crippen molar-refractivity contribution in [1.82, 2.24) is 19.5 Å². The van der Waals surface area contributed by atoms with Crippen molar-refractivity contribution in [3.63, 3.8) is 0 Å². The van der Waals surface area contributed by atoms with Gasteiger partial charge >= 0.3 is 5.76 Å². The van der Waals surface area contributed by atoms with Crippen molar-refractivity contribution in [3.8, 4) is 5.75 Å². The number of H-pyrrole nitrogens is 1. The molecular formula is C30H25FN4O4. The Morgan fingerprint density at radius 1 is 1.15 bits per heavy atom. The molecule has 1 aliphatic heterocycles. The third kappa shape index (κ3) is 4.24. The van der Waals surface area contributed by atoms with E-state index in [-0.39, 0.29) is 18.3 Å². The Morgan fingerprint density at radius 2 is 2.03 bits per heavy atom. The number of aromatic nitrogens is 4. The number of nitrogens with one attached hydrogen (secondary N) is 1. The van der Waals surface area contributed by atoms with E-state index in [1.165, 1.54) is 12.1 Å². The number of fused-ring (bicyclic) bond motifs is 3. The van der Waals surface area contributed by atoms with E-state index in [9.17, 15) is 9.18 Å². The molecular weight excluding hydrogens is 499 g/mol. The molecule has 196 valence electrons. The number of aromatic amines is 1. The number of ether oxygens (including phenoxy) is 2. The zero-order valence-electron chi connectivity index (χ0n) is 21.2. The predicted molar refractivity (Wildman–Crippen MR) is 142 cm³/mol. The van der Waals surface area contributed by atoms with Crippen molar-refractivity contribution < 1.29 is 18.4 Å². The van der Waals surface area contributed by atoms with Crippen molar-refractivity contribution in [2.24, 2.45) is 5.92 Å². The zero-order chi connectivity index (χ0) is 26.5. The van der Waals surface area contributed by atoms with Gasteiger partial charge in [-0.25, -0.2) is 14.2 Å². The average molecular weight is 525 g/mol. The summed E-state index contributed by atoms with van der Waals surface area (Å²) in [6.45, 7) is 0.688. The maximum Gasteiger partial charge on any atom is 0.439 e. The van der Waals surface area contributed by atoms with Crippen LogP contribution in [0.3, 0.4) is 0 Å². The fourth-order valence-electron chi connectivity index (χ4n) is 5.50. The summed E-state index contributed by atoms with van der Waals surface area (Å²) in [6, 6.07) is 16.8. The van der Waals surface area contributed by atoms with Gasteiger partial charge in [0.05, 0.1) is 18.0 Å². The highest BCUT2D eigenvalue weighted by Gasteiger charge is 2.35. The van der Waals surface area contributed by atoms with Gasteiger partial charge < -0.3 is 13.9 Å². The molecule has 0 radical (unpaired) electrons. The molecule has 0 bridgehead atoms. The van der Waals surface area contributed by atoms with E-state index in [0.29, 0.717) is 24.6 Å². The topological polar surface area (TPSA) is 94.7 Å². The molecule has 0 amide bonds. The monoisotopic (exact) mass is 524 g/mol. The second-order valence-electron chi connectivity index (χ2n) is 9.97. The van der Waals surface area contributed by atoms with Crippen molar-refractivity contribution in [3.05, 3.63) is 117 Å². The first-order chi connectivity index (χ1) is 19.1. The van der Waals surface area contributed by atoms with Gasteiger partial charge in [-0.05, 0) is 59.7 Å². The van der Waals surface area contributed by atoms with E-state index in [0.717, 1.165) is 63.3 Å². The molecule has 1 fully saturated rings. The molecule has 5 aromatic rings. The van der Waals surface area contributed by atoms with Gasteiger partial charge in [-0.3, -0.25) is 9.51 Å². The number of rotatable bonds is 6. The third-order valence-corrected chi connectivity index (χ3v) is 7.35. The first-order valence-electron chi connectivity index (χ1n) is 12.9. The summed E-state index contributed by atoms with van der Waals surface area (Å²) in [5, 5.41) is 4.03. The molecule has 4 heterocycles. The summed E-state index contributed by atoms with van der Waals surface area (Å²) < 4.78 is 32.9. The fraction of sp³-hybridized carbons (Fsp3) is 0.233. The predicted octanol–water partition coefficient (Wildman–Crippen LogP) is 5.15. The van der Waals surface area contributed by atoms with Gasteiger partial charge in [-0.1, -0.05) is 29.4 Å². The average Bonchev–Trinajstić information content (AvgIpc) is 3.63. The molecule has 0 saturated heterocycles. The Kier molecular flexibility index (Phi) is 5.66. The maximum atomic E-state index is 14.3. The second-order valence-corrected chi connectivity index (χ2v) is 9.97. The Bertz CT molecular complexity index is 1810. The lowest BCUT2D eigenvalue weighted by Crippen LogP contribution is -2.04. The number of pyridine rings is 1. The van der Waals surface area contributed by atoms with Crippen LogP contribution in [0.1, 0.15) is 52.3 Å². The van der Waals surface area contributed by atoms with Crippen molar-refractivity contribution in [2.45, 2.75) is 32.5 Å². The van der Waals surface area contributed by atoms with Gasteiger partial charge in [0.15, 0.2) is 5.82 Å². The second kappa shape index (κ2) is 9.36. The summed E-state index contributed by atoms with van der Waals surface area (Å²) >= 11 is 0. The van der Waals surface area contributed by atoms with Crippen LogP contribution in [-0.2, 0) is 24.4 Å². The van der Waals surface area contributed by atoms with Gasteiger partial charge in [0.25, 0.3) is 0 Å². The van der Waals surface area contributed by atoms with Crippen LogP contribution in [-0.4, -0.2) is 26.6 Å². The van der Waals surface area contributed by atoms with Crippen LogP contribution in [0.5, 0.6) is 5.75 Å². The summed E-state index contributed by atoms with van der Waals surface area (Å²) in [5.41, 5.74) is 8.36. The summed E-state index contributed by atoms with van der Waals surface area (Å²) in [5.74, 6) is 0.0823. The Labute approximate surface area is 222 Å². The quantitative estimate of drug-likeness (QED) is 0.330.